The zero-order valence-electron chi connectivity index (χ0n) is 9.79. The maximum absolute atomic E-state index is 12.1. The van der Waals surface area contributed by atoms with Crippen LogP contribution in [0.4, 0.5) is 0 Å². The van der Waals surface area contributed by atoms with Crippen LogP contribution >= 0.6 is 0 Å². The van der Waals surface area contributed by atoms with Gasteiger partial charge < -0.3 is 14.8 Å². The average Bonchev–Trinajstić information content (AvgIpc) is 2.26. The molecule has 0 amide bonds. The number of nitrogens with one attached hydrogen (secondary N) is 1. The molecule has 1 N–H and O–H groups in total. The first-order chi connectivity index (χ1) is 7.16. The molecule has 0 bridgehead atoms. The van der Waals surface area contributed by atoms with Crippen molar-refractivity contribution in [2.24, 2.45) is 11.8 Å². The zero-order valence-corrected chi connectivity index (χ0v) is 9.79. The van der Waals surface area contributed by atoms with Crippen LogP contribution in [0, 0.1) is 11.8 Å². The molecule has 0 aliphatic carbocycles. The van der Waals surface area contributed by atoms with Crippen molar-refractivity contribution in [1.82, 2.24) is 5.32 Å². The number of rotatable bonds is 5. The largest absolute Gasteiger partial charge is 0.384 e. The molecule has 1 heterocycles. The van der Waals surface area contributed by atoms with Gasteiger partial charge in [0.1, 0.15) is 0 Å². The van der Waals surface area contributed by atoms with Crippen LogP contribution in [0.5, 0.6) is 0 Å². The van der Waals surface area contributed by atoms with Crippen molar-refractivity contribution in [3.05, 3.63) is 0 Å². The molecular formula is C11H21NO3. The quantitative estimate of drug-likeness (QED) is 0.724. The SMILES string of the molecule is COCC(C(=O)C1COCCN1)C(C)C. The number of morpholine rings is 1. The molecule has 88 valence electrons. The van der Waals surface area contributed by atoms with E-state index in [1.807, 2.05) is 13.8 Å². The van der Waals surface area contributed by atoms with E-state index in [1.54, 1.807) is 7.11 Å². The normalized spacial score (nSPS) is 24.1. The fourth-order valence-corrected chi connectivity index (χ4v) is 1.79. The summed E-state index contributed by atoms with van der Waals surface area (Å²) >= 11 is 0. The minimum absolute atomic E-state index is 0.0331. The molecule has 2 atom stereocenters. The van der Waals surface area contributed by atoms with E-state index in [-0.39, 0.29) is 17.7 Å². The van der Waals surface area contributed by atoms with Crippen LogP contribution in [-0.2, 0) is 14.3 Å². The van der Waals surface area contributed by atoms with Crippen molar-refractivity contribution in [3.8, 4) is 0 Å². The van der Waals surface area contributed by atoms with Crippen LogP contribution in [0.2, 0.25) is 0 Å². The smallest absolute Gasteiger partial charge is 0.157 e. The molecule has 15 heavy (non-hydrogen) atoms. The van der Waals surface area contributed by atoms with Gasteiger partial charge in [-0.15, -0.1) is 0 Å². The van der Waals surface area contributed by atoms with Gasteiger partial charge in [0.2, 0.25) is 0 Å². The summed E-state index contributed by atoms with van der Waals surface area (Å²) in [6.45, 7) is 6.53. The van der Waals surface area contributed by atoms with Crippen LogP contribution in [0.25, 0.3) is 0 Å². The number of ketones is 1. The minimum atomic E-state index is -0.152. The van der Waals surface area contributed by atoms with Crippen LogP contribution in [0.1, 0.15) is 13.8 Å². The first-order valence-corrected chi connectivity index (χ1v) is 5.50. The van der Waals surface area contributed by atoms with E-state index in [1.165, 1.54) is 0 Å². The standard InChI is InChI=1S/C11H21NO3/c1-8(2)9(6-14-3)11(13)10-7-15-5-4-12-10/h8-10,12H,4-7H2,1-3H3. The molecule has 1 aliphatic heterocycles. The summed E-state index contributed by atoms with van der Waals surface area (Å²) in [6.07, 6.45) is 0. The van der Waals surface area contributed by atoms with Gasteiger partial charge in [0.25, 0.3) is 0 Å². The maximum atomic E-state index is 12.1. The molecule has 4 nitrogen and oxygen atoms in total. The lowest BCUT2D eigenvalue weighted by Crippen LogP contribution is -2.50. The second-order valence-electron chi connectivity index (χ2n) is 4.29. The van der Waals surface area contributed by atoms with E-state index < -0.39 is 0 Å². The van der Waals surface area contributed by atoms with Gasteiger partial charge >= 0.3 is 0 Å². The van der Waals surface area contributed by atoms with Crippen molar-refractivity contribution in [1.29, 1.82) is 0 Å². The highest BCUT2D eigenvalue weighted by molar-refractivity contribution is 5.86. The number of carbonyl (C=O) groups excluding carboxylic acids is 1. The molecular weight excluding hydrogens is 194 g/mol. The Hall–Kier alpha value is -0.450. The van der Waals surface area contributed by atoms with Crippen molar-refractivity contribution in [2.75, 3.05) is 33.5 Å². The van der Waals surface area contributed by atoms with Crippen LogP contribution in [-0.4, -0.2) is 45.3 Å². The van der Waals surface area contributed by atoms with Crippen LogP contribution in [0.15, 0.2) is 0 Å². The summed E-state index contributed by atoms with van der Waals surface area (Å²) in [5, 5.41) is 3.18. The van der Waals surface area contributed by atoms with Crippen LogP contribution < -0.4 is 5.32 Å². The highest BCUT2D eigenvalue weighted by Crippen LogP contribution is 2.15. The van der Waals surface area contributed by atoms with E-state index >= 15 is 0 Å². The molecule has 0 aromatic carbocycles. The average molecular weight is 215 g/mol. The summed E-state index contributed by atoms with van der Waals surface area (Å²) in [7, 11) is 1.63. The van der Waals surface area contributed by atoms with E-state index in [0.29, 0.717) is 25.7 Å². The number of ether oxygens (including phenoxy) is 2. The number of hydrogen-bond donors (Lipinski definition) is 1. The molecule has 1 fully saturated rings. The predicted octanol–water partition coefficient (Wildman–Crippen LogP) is 0.462. The summed E-state index contributed by atoms with van der Waals surface area (Å²) in [6, 6.07) is -0.152. The first kappa shape index (κ1) is 12.6. The minimum Gasteiger partial charge on any atom is -0.384 e. The summed E-state index contributed by atoms with van der Waals surface area (Å²) in [5.74, 6) is 0.488. The lowest BCUT2D eigenvalue weighted by atomic mass is 9.88. The number of Topliss-reactive ketones (excluding diaryl/α,β-unsaturated/α-hetero) is 1. The Kier molecular flexibility index (Phi) is 5.22. The Balaban J connectivity index is 2.53. The van der Waals surface area contributed by atoms with E-state index in [0.717, 1.165) is 6.54 Å². The summed E-state index contributed by atoms with van der Waals surface area (Å²) in [5.41, 5.74) is 0. The van der Waals surface area contributed by atoms with Gasteiger partial charge in [0, 0.05) is 19.6 Å². The second-order valence-corrected chi connectivity index (χ2v) is 4.29. The predicted molar refractivity (Wildman–Crippen MR) is 57.8 cm³/mol. The molecule has 0 spiro atoms. The first-order valence-electron chi connectivity index (χ1n) is 5.50. The monoisotopic (exact) mass is 215 g/mol. The lowest BCUT2D eigenvalue weighted by Gasteiger charge is -2.28. The fourth-order valence-electron chi connectivity index (χ4n) is 1.79. The topological polar surface area (TPSA) is 47.6 Å². The molecule has 0 saturated carbocycles. The number of carbonyl (C=O) groups is 1. The Morgan fingerprint density at radius 3 is 2.80 bits per heavy atom. The summed E-state index contributed by atoms with van der Waals surface area (Å²) in [4.78, 5) is 12.1. The van der Waals surface area contributed by atoms with Gasteiger partial charge in [-0.25, -0.2) is 0 Å². The number of hydrogen-bond acceptors (Lipinski definition) is 4. The molecule has 0 radical (unpaired) electrons. The van der Waals surface area contributed by atoms with Gasteiger partial charge in [-0.3, -0.25) is 4.79 Å². The van der Waals surface area contributed by atoms with Crippen molar-refractivity contribution in [3.63, 3.8) is 0 Å². The highest BCUT2D eigenvalue weighted by atomic mass is 16.5. The molecule has 1 rings (SSSR count). The third-order valence-corrected chi connectivity index (χ3v) is 2.78. The fraction of sp³-hybridized carbons (Fsp3) is 0.909. The molecule has 4 heteroatoms. The molecule has 1 aliphatic rings. The number of methoxy groups -OCH3 is 1. The van der Waals surface area contributed by atoms with Crippen molar-refractivity contribution < 1.29 is 14.3 Å². The van der Waals surface area contributed by atoms with Gasteiger partial charge in [-0.05, 0) is 5.92 Å². The van der Waals surface area contributed by atoms with Gasteiger partial charge in [-0.2, -0.15) is 0 Å². The molecule has 2 unspecified atom stereocenters. The van der Waals surface area contributed by atoms with Crippen molar-refractivity contribution >= 4 is 5.78 Å². The van der Waals surface area contributed by atoms with Gasteiger partial charge in [0.15, 0.2) is 5.78 Å². The zero-order chi connectivity index (χ0) is 11.3. The third-order valence-electron chi connectivity index (χ3n) is 2.78. The Bertz CT molecular complexity index is 200. The van der Waals surface area contributed by atoms with Crippen molar-refractivity contribution in [2.45, 2.75) is 19.9 Å². The second kappa shape index (κ2) is 6.20. The molecule has 0 aromatic rings. The summed E-state index contributed by atoms with van der Waals surface area (Å²) < 4.78 is 10.4. The van der Waals surface area contributed by atoms with Gasteiger partial charge in [-0.1, -0.05) is 13.8 Å². The molecule has 1 saturated heterocycles. The van der Waals surface area contributed by atoms with Gasteiger partial charge in [0.05, 0.1) is 25.9 Å². The van der Waals surface area contributed by atoms with E-state index in [2.05, 4.69) is 5.32 Å². The Morgan fingerprint density at radius 2 is 2.33 bits per heavy atom. The van der Waals surface area contributed by atoms with E-state index in [9.17, 15) is 4.79 Å². The lowest BCUT2D eigenvalue weighted by molar-refractivity contribution is -0.130. The maximum Gasteiger partial charge on any atom is 0.157 e. The Morgan fingerprint density at radius 1 is 1.60 bits per heavy atom. The third kappa shape index (κ3) is 3.55. The van der Waals surface area contributed by atoms with Crippen LogP contribution in [0.3, 0.4) is 0 Å². The molecule has 0 aromatic heterocycles. The van der Waals surface area contributed by atoms with E-state index in [4.69, 9.17) is 9.47 Å². The Labute approximate surface area is 91.3 Å². The highest BCUT2D eigenvalue weighted by Gasteiger charge is 2.30.